The lowest BCUT2D eigenvalue weighted by Gasteiger charge is -2.16. The second-order valence-corrected chi connectivity index (χ2v) is 4.69. The van der Waals surface area contributed by atoms with Gasteiger partial charge in [-0.2, -0.15) is 0 Å². The third-order valence-corrected chi connectivity index (χ3v) is 3.40. The molecule has 5 nitrogen and oxygen atoms in total. The van der Waals surface area contributed by atoms with Crippen molar-refractivity contribution in [3.8, 4) is 0 Å². The number of aromatic nitrogens is 2. The van der Waals surface area contributed by atoms with Crippen molar-refractivity contribution in [3.05, 3.63) is 17.2 Å². The van der Waals surface area contributed by atoms with E-state index in [-0.39, 0.29) is 5.69 Å². The highest BCUT2D eigenvalue weighted by atomic mass is 16.5. The van der Waals surface area contributed by atoms with Crippen LogP contribution in [0.1, 0.15) is 47.7 Å². The van der Waals surface area contributed by atoms with E-state index in [1.165, 1.54) is 0 Å². The third kappa shape index (κ3) is 2.72. The summed E-state index contributed by atoms with van der Waals surface area (Å²) in [6.45, 7) is 1.64. The minimum atomic E-state index is -0.904. The van der Waals surface area contributed by atoms with Gasteiger partial charge in [0.15, 0.2) is 5.69 Å². The fourth-order valence-electron chi connectivity index (χ4n) is 2.51. The quantitative estimate of drug-likeness (QED) is 0.785. The van der Waals surface area contributed by atoms with Crippen molar-refractivity contribution in [2.45, 2.75) is 45.1 Å². The van der Waals surface area contributed by atoms with Gasteiger partial charge in [-0.15, -0.1) is 0 Å². The van der Waals surface area contributed by atoms with Crippen molar-refractivity contribution in [3.63, 3.8) is 0 Å². The van der Waals surface area contributed by atoms with E-state index in [9.17, 15) is 9.90 Å². The average molecular weight is 252 g/mol. The number of rotatable bonds is 6. The van der Waals surface area contributed by atoms with Crippen LogP contribution < -0.4 is 0 Å². The molecule has 0 saturated carbocycles. The number of hydrogen-bond donors (Lipinski definition) is 1. The Labute approximate surface area is 107 Å². The SMILES string of the molecule is COCCCCc1c(C(=O)O)nc2n1CCCC2. The van der Waals surface area contributed by atoms with Gasteiger partial charge in [0.2, 0.25) is 0 Å². The van der Waals surface area contributed by atoms with Crippen molar-refractivity contribution in [2.24, 2.45) is 0 Å². The van der Waals surface area contributed by atoms with Crippen LogP contribution in [0.3, 0.4) is 0 Å². The van der Waals surface area contributed by atoms with Gasteiger partial charge < -0.3 is 14.4 Å². The molecule has 18 heavy (non-hydrogen) atoms. The number of fused-ring (bicyclic) bond motifs is 1. The minimum Gasteiger partial charge on any atom is -0.476 e. The molecule has 0 aromatic carbocycles. The molecule has 100 valence electrons. The maximum absolute atomic E-state index is 11.2. The molecule has 0 aliphatic carbocycles. The van der Waals surface area contributed by atoms with Crippen LogP contribution in [0.25, 0.3) is 0 Å². The summed E-state index contributed by atoms with van der Waals surface area (Å²) in [6, 6.07) is 0. The fourth-order valence-corrected chi connectivity index (χ4v) is 2.51. The van der Waals surface area contributed by atoms with E-state index in [0.717, 1.165) is 63.2 Å². The first-order chi connectivity index (χ1) is 8.74. The Hall–Kier alpha value is -1.36. The van der Waals surface area contributed by atoms with Gasteiger partial charge in [-0.1, -0.05) is 0 Å². The maximum Gasteiger partial charge on any atom is 0.356 e. The summed E-state index contributed by atoms with van der Waals surface area (Å²) in [5, 5.41) is 9.22. The van der Waals surface area contributed by atoms with Gasteiger partial charge in [0.25, 0.3) is 0 Å². The number of ether oxygens (including phenoxy) is 1. The van der Waals surface area contributed by atoms with Crippen LogP contribution in [-0.2, 0) is 24.1 Å². The molecule has 0 amide bonds. The van der Waals surface area contributed by atoms with Crippen molar-refractivity contribution >= 4 is 5.97 Å². The first-order valence-electron chi connectivity index (χ1n) is 6.54. The molecule has 0 atom stereocenters. The van der Waals surface area contributed by atoms with E-state index in [0.29, 0.717) is 0 Å². The Kier molecular flexibility index (Phi) is 4.36. The van der Waals surface area contributed by atoms with Crippen molar-refractivity contribution < 1.29 is 14.6 Å². The van der Waals surface area contributed by atoms with Crippen LogP contribution in [0.15, 0.2) is 0 Å². The third-order valence-electron chi connectivity index (χ3n) is 3.40. The van der Waals surface area contributed by atoms with Crippen LogP contribution in [-0.4, -0.2) is 34.3 Å². The molecule has 1 aliphatic rings. The van der Waals surface area contributed by atoms with Crippen molar-refractivity contribution in [1.29, 1.82) is 0 Å². The van der Waals surface area contributed by atoms with E-state index in [1.54, 1.807) is 7.11 Å². The number of unbranched alkanes of at least 4 members (excludes halogenated alkanes) is 1. The summed E-state index contributed by atoms with van der Waals surface area (Å²) < 4.78 is 7.12. The highest BCUT2D eigenvalue weighted by molar-refractivity contribution is 5.86. The van der Waals surface area contributed by atoms with E-state index >= 15 is 0 Å². The van der Waals surface area contributed by atoms with Gasteiger partial charge in [-0.3, -0.25) is 0 Å². The molecule has 5 heteroatoms. The lowest BCUT2D eigenvalue weighted by atomic mass is 10.1. The summed E-state index contributed by atoms with van der Waals surface area (Å²) in [7, 11) is 1.68. The van der Waals surface area contributed by atoms with E-state index < -0.39 is 5.97 Å². The van der Waals surface area contributed by atoms with Crippen LogP contribution in [0.2, 0.25) is 0 Å². The lowest BCUT2D eigenvalue weighted by Crippen LogP contribution is -2.13. The molecule has 0 fully saturated rings. The molecular formula is C13H20N2O3. The number of aryl methyl sites for hydroxylation is 1. The Morgan fingerprint density at radius 2 is 2.28 bits per heavy atom. The molecule has 2 rings (SSSR count). The molecular weight excluding hydrogens is 232 g/mol. The molecule has 1 aliphatic heterocycles. The first-order valence-corrected chi connectivity index (χ1v) is 6.54. The predicted octanol–water partition coefficient (Wildman–Crippen LogP) is 1.89. The summed E-state index contributed by atoms with van der Waals surface area (Å²) >= 11 is 0. The summed E-state index contributed by atoms with van der Waals surface area (Å²) in [5.41, 5.74) is 1.15. The van der Waals surface area contributed by atoms with E-state index in [2.05, 4.69) is 9.55 Å². The monoisotopic (exact) mass is 252 g/mol. The molecule has 0 unspecified atom stereocenters. The highest BCUT2D eigenvalue weighted by Gasteiger charge is 2.22. The molecule has 1 aromatic heterocycles. The number of aromatic carboxylic acids is 1. The van der Waals surface area contributed by atoms with Crippen molar-refractivity contribution in [2.75, 3.05) is 13.7 Å². The van der Waals surface area contributed by atoms with Crippen LogP contribution >= 0.6 is 0 Å². The normalized spacial score (nSPS) is 14.5. The maximum atomic E-state index is 11.2. The Balaban J connectivity index is 2.14. The first kappa shape index (κ1) is 13.1. The second-order valence-electron chi connectivity index (χ2n) is 4.69. The number of nitrogens with zero attached hydrogens (tertiary/aromatic N) is 2. The Bertz CT molecular complexity index is 426. The van der Waals surface area contributed by atoms with Gasteiger partial charge in [-0.25, -0.2) is 9.78 Å². The zero-order valence-electron chi connectivity index (χ0n) is 10.8. The molecule has 1 N–H and O–H groups in total. The number of carboxylic acid groups (broad SMARTS) is 1. The van der Waals surface area contributed by atoms with Crippen LogP contribution in [0.5, 0.6) is 0 Å². The van der Waals surface area contributed by atoms with Gasteiger partial charge in [0, 0.05) is 26.7 Å². The summed E-state index contributed by atoms with van der Waals surface area (Å²) in [4.78, 5) is 15.5. The predicted molar refractivity (Wildman–Crippen MR) is 66.9 cm³/mol. The van der Waals surface area contributed by atoms with Crippen molar-refractivity contribution in [1.82, 2.24) is 9.55 Å². The highest BCUT2D eigenvalue weighted by Crippen LogP contribution is 2.21. The number of carbonyl (C=O) groups is 1. The largest absolute Gasteiger partial charge is 0.476 e. The van der Waals surface area contributed by atoms with Crippen LogP contribution in [0, 0.1) is 0 Å². The lowest BCUT2D eigenvalue weighted by molar-refractivity contribution is 0.0689. The molecule has 0 bridgehead atoms. The molecule has 0 saturated heterocycles. The standard InChI is InChI=1S/C13H20N2O3/c1-18-9-5-3-6-10-12(13(16)17)14-11-7-2-4-8-15(10)11/h2-9H2,1H3,(H,16,17). The topological polar surface area (TPSA) is 64.3 Å². The van der Waals surface area contributed by atoms with Gasteiger partial charge in [0.1, 0.15) is 5.82 Å². The number of hydrogen-bond acceptors (Lipinski definition) is 3. The molecule has 1 aromatic rings. The zero-order valence-corrected chi connectivity index (χ0v) is 10.8. The molecule has 2 heterocycles. The van der Waals surface area contributed by atoms with Crippen LogP contribution in [0.4, 0.5) is 0 Å². The van der Waals surface area contributed by atoms with E-state index in [4.69, 9.17) is 4.74 Å². The zero-order chi connectivity index (χ0) is 13.0. The van der Waals surface area contributed by atoms with E-state index in [1.807, 2.05) is 0 Å². The minimum absolute atomic E-state index is 0.254. The summed E-state index contributed by atoms with van der Waals surface area (Å²) in [6.07, 6.45) is 5.80. The average Bonchev–Trinajstić information content (AvgIpc) is 2.74. The number of carboxylic acids is 1. The van der Waals surface area contributed by atoms with Gasteiger partial charge in [0.05, 0.1) is 5.69 Å². The number of methoxy groups -OCH3 is 1. The number of imidazole rings is 1. The second kappa shape index (κ2) is 6.00. The Morgan fingerprint density at radius 1 is 1.44 bits per heavy atom. The molecule has 0 spiro atoms. The Morgan fingerprint density at radius 3 is 3.00 bits per heavy atom. The van der Waals surface area contributed by atoms with Gasteiger partial charge in [-0.05, 0) is 32.1 Å². The molecule has 0 radical (unpaired) electrons. The summed E-state index contributed by atoms with van der Waals surface area (Å²) in [5.74, 6) is 0.0408. The fraction of sp³-hybridized carbons (Fsp3) is 0.692. The smallest absolute Gasteiger partial charge is 0.356 e. The van der Waals surface area contributed by atoms with Gasteiger partial charge >= 0.3 is 5.97 Å².